The summed E-state index contributed by atoms with van der Waals surface area (Å²) < 4.78 is 43.0. The Balaban J connectivity index is 1.78. The van der Waals surface area contributed by atoms with Crippen LogP contribution in [0.3, 0.4) is 0 Å². The van der Waals surface area contributed by atoms with Crippen LogP contribution in [0.4, 0.5) is 11.5 Å². The van der Waals surface area contributed by atoms with Gasteiger partial charge >= 0.3 is 0 Å². The fourth-order valence-corrected chi connectivity index (χ4v) is 3.69. The number of amides is 1. The van der Waals surface area contributed by atoms with Crippen molar-refractivity contribution in [2.24, 2.45) is 0 Å². The second kappa shape index (κ2) is 9.30. The van der Waals surface area contributed by atoms with E-state index in [1.54, 1.807) is 18.2 Å². The van der Waals surface area contributed by atoms with Gasteiger partial charge in [0, 0.05) is 11.8 Å². The van der Waals surface area contributed by atoms with Crippen LogP contribution in [0.5, 0.6) is 17.4 Å². The zero-order valence-electron chi connectivity index (χ0n) is 16.9. The summed E-state index contributed by atoms with van der Waals surface area (Å²) in [7, 11) is 0.405. The topological polar surface area (TPSA) is 129 Å². The third-order valence-corrected chi connectivity index (χ3v) is 5.54. The van der Waals surface area contributed by atoms with E-state index in [4.69, 9.17) is 14.2 Å². The van der Waals surface area contributed by atoms with Gasteiger partial charge in [0.2, 0.25) is 5.88 Å². The number of hydrogen-bond acceptors (Lipinski definition) is 8. The summed E-state index contributed by atoms with van der Waals surface area (Å²) >= 11 is 0. The molecule has 0 aliphatic heterocycles. The van der Waals surface area contributed by atoms with Crippen LogP contribution in [0.2, 0.25) is 0 Å². The van der Waals surface area contributed by atoms with Crippen molar-refractivity contribution in [3.8, 4) is 17.4 Å². The number of sulfonamides is 1. The number of nitrogens with one attached hydrogen (secondary N) is 2. The van der Waals surface area contributed by atoms with Gasteiger partial charge in [-0.25, -0.2) is 18.4 Å². The number of carbonyl (C=O) groups excluding carboxylic acids is 1. The quantitative estimate of drug-likeness (QED) is 0.542. The van der Waals surface area contributed by atoms with Crippen molar-refractivity contribution in [3.05, 3.63) is 60.4 Å². The third kappa shape index (κ3) is 5.01. The van der Waals surface area contributed by atoms with Crippen molar-refractivity contribution in [3.63, 3.8) is 0 Å². The number of anilines is 2. The largest absolute Gasteiger partial charge is 0.496 e. The zero-order valence-corrected chi connectivity index (χ0v) is 17.8. The van der Waals surface area contributed by atoms with Crippen molar-refractivity contribution in [2.75, 3.05) is 31.4 Å². The van der Waals surface area contributed by atoms with Crippen LogP contribution in [0.25, 0.3) is 0 Å². The normalized spacial score (nSPS) is 10.8. The molecule has 0 aliphatic carbocycles. The van der Waals surface area contributed by atoms with E-state index in [0.29, 0.717) is 17.2 Å². The highest BCUT2D eigenvalue weighted by atomic mass is 32.2. The standard InChI is InChI=1S/C20H20N4O6S/c1-28-15-5-4-6-16(29-2)19(15)20(25)23-13-7-9-14(10-8-13)31(26,27)24-17-11-18(30-3)22-12-21-17/h4-12H,1-3H3,(H,23,25)(H,21,22,24). The molecule has 0 spiro atoms. The summed E-state index contributed by atoms with van der Waals surface area (Å²) in [5.41, 5.74) is 0.615. The Morgan fingerprint density at radius 3 is 2.13 bits per heavy atom. The molecule has 162 valence electrons. The number of aromatic nitrogens is 2. The van der Waals surface area contributed by atoms with Crippen molar-refractivity contribution in [1.29, 1.82) is 0 Å². The fraction of sp³-hybridized carbons (Fsp3) is 0.150. The molecule has 0 saturated carbocycles. The summed E-state index contributed by atoms with van der Waals surface area (Å²) in [6.07, 6.45) is 1.18. The number of rotatable bonds is 8. The Kier molecular flexibility index (Phi) is 6.55. The van der Waals surface area contributed by atoms with Gasteiger partial charge in [0.1, 0.15) is 29.2 Å². The van der Waals surface area contributed by atoms with Gasteiger partial charge < -0.3 is 19.5 Å². The molecule has 10 nitrogen and oxygen atoms in total. The lowest BCUT2D eigenvalue weighted by Crippen LogP contribution is -2.16. The van der Waals surface area contributed by atoms with Crippen molar-refractivity contribution in [1.82, 2.24) is 9.97 Å². The highest BCUT2D eigenvalue weighted by molar-refractivity contribution is 7.92. The summed E-state index contributed by atoms with van der Waals surface area (Å²) in [4.78, 5) is 20.4. The molecular formula is C20H20N4O6S. The van der Waals surface area contributed by atoms with Crippen LogP contribution in [-0.2, 0) is 10.0 Å². The van der Waals surface area contributed by atoms with E-state index in [0.717, 1.165) is 0 Å². The zero-order chi connectivity index (χ0) is 22.4. The lowest BCUT2D eigenvalue weighted by atomic mass is 10.1. The average Bonchev–Trinajstić information content (AvgIpc) is 2.78. The average molecular weight is 444 g/mol. The summed E-state index contributed by atoms with van der Waals surface area (Å²) in [5.74, 6) is 0.516. The molecule has 2 N–H and O–H groups in total. The van der Waals surface area contributed by atoms with Crippen molar-refractivity contribution < 1.29 is 27.4 Å². The lowest BCUT2D eigenvalue weighted by molar-refractivity contribution is 0.102. The van der Waals surface area contributed by atoms with Gasteiger partial charge in [-0.15, -0.1) is 0 Å². The molecule has 1 heterocycles. The molecule has 0 unspecified atom stereocenters. The Morgan fingerprint density at radius 2 is 1.55 bits per heavy atom. The van der Waals surface area contributed by atoms with E-state index in [1.165, 1.54) is 58.0 Å². The number of carbonyl (C=O) groups is 1. The van der Waals surface area contributed by atoms with Gasteiger partial charge in [0.05, 0.1) is 26.2 Å². The van der Waals surface area contributed by atoms with Gasteiger partial charge in [-0.05, 0) is 36.4 Å². The molecule has 0 atom stereocenters. The summed E-state index contributed by atoms with van der Waals surface area (Å²) in [5, 5.41) is 2.70. The first-order valence-electron chi connectivity index (χ1n) is 8.89. The Hall–Kier alpha value is -3.86. The fourth-order valence-electron chi connectivity index (χ4n) is 2.69. The van der Waals surface area contributed by atoms with Gasteiger partial charge in [0.15, 0.2) is 0 Å². The van der Waals surface area contributed by atoms with Crippen LogP contribution in [0.1, 0.15) is 10.4 Å². The Morgan fingerprint density at radius 1 is 0.903 bits per heavy atom. The Labute approximate surface area is 179 Å². The molecule has 1 aromatic heterocycles. The highest BCUT2D eigenvalue weighted by Crippen LogP contribution is 2.29. The van der Waals surface area contributed by atoms with Crippen molar-refractivity contribution in [2.45, 2.75) is 4.90 Å². The molecule has 3 aromatic rings. The molecule has 0 radical (unpaired) electrons. The highest BCUT2D eigenvalue weighted by Gasteiger charge is 2.19. The smallest absolute Gasteiger partial charge is 0.263 e. The van der Waals surface area contributed by atoms with E-state index in [-0.39, 0.29) is 22.2 Å². The van der Waals surface area contributed by atoms with Gasteiger partial charge in [-0.3, -0.25) is 9.52 Å². The molecule has 31 heavy (non-hydrogen) atoms. The van der Waals surface area contributed by atoms with Crippen molar-refractivity contribution >= 4 is 27.4 Å². The minimum Gasteiger partial charge on any atom is -0.496 e. The van der Waals surface area contributed by atoms with Gasteiger partial charge in [-0.2, -0.15) is 0 Å². The van der Waals surface area contributed by atoms with Crippen LogP contribution >= 0.6 is 0 Å². The molecule has 0 bridgehead atoms. The lowest BCUT2D eigenvalue weighted by Gasteiger charge is -2.13. The van der Waals surface area contributed by atoms with Crippen LogP contribution in [-0.4, -0.2) is 45.6 Å². The molecule has 11 heteroatoms. The molecule has 1 amide bonds. The molecule has 3 rings (SSSR count). The monoisotopic (exact) mass is 444 g/mol. The number of ether oxygens (including phenoxy) is 3. The van der Waals surface area contributed by atoms with E-state index >= 15 is 0 Å². The molecule has 2 aromatic carbocycles. The summed E-state index contributed by atoms with van der Waals surface area (Å²) in [6.45, 7) is 0. The number of benzene rings is 2. The predicted octanol–water partition coefficient (Wildman–Crippen LogP) is 2.56. The minimum absolute atomic E-state index is 0.0158. The summed E-state index contributed by atoms with van der Waals surface area (Å²) in [6, 6.07) is 12.0. The first kappa shape index (κ1) is 21.8. The molecule has 0 fully saturated rings. The third-order valence-electron chi connectivity index (χ3n) is 4.17. The predicted molar refractivity (Wildman–Crippen MR) is 113 cm³/mol. The maximum absolute atomic E-state index is 12.7. The van der Waals surface area contributed by atoms with E-state index < -0.39 is 15.9 Å². The maximum Gasteiger partial charge on any atom is 0.263 e. The van der Waals surface area contributed by atoms with Crippen LogP contribution in [0, 0.1) is 0 Å². The maximum atomic E-state index is 12.7. The van der Waals surface area contributed by atoms with Crippen LogP contribution < -0.4 is 24.2 Å². The Bertz CT molecular complexity index is 1160. The van der Waals surface area contributed by atoms with E-state index in [9.17, 15) is 13.2 Å². The number of methoxy groups -OCH3 is 3. The second-order valence-corrected chi connectivity index (χ2v) is 7.75. The first-order chi connectivity index (χ1) is 14.9. The first-order valence-corrected chi connectivity index (χ1v) is 10.4. The number of nitrogens with zero attached hydrogens (tertiary/aromatic N) is 2. The molecule has 0 aliphatic rings. The van der Waals surface area contributed by atoms with E-state index in [2.05, 4.69) is 20.0 Å². The SMILES string of the molecule is COc1cc(NS(=O)(=O)c2ccc(NC(=O)c3c(OC)cccc3OC)cc2)ncn1. The van der Waals surface area contributed by atoms with E-state index in [1.807, 2.05) is 0 Å². The molecule has 0 saturated heterocycles. The molecular weight excluding hydrogens is 424 g/mol. The van der Waals surface area contributed by atoms with Gasteiger partial charge in [0.25, 0.3) is 15.9 Å². The second-order valence-electron chi connectivity index (χ2n) is 6.07. The van der Waals surface area contributed by atoms with Gasteiger partial charge in [-0.1, -0.05) is 6.07 Å². The van der Waals surface area contributed by atoms with Crippen LogP contribution in [0.15, 0.2) is 59.8 Å². The number of hydrogen-bond donors (Lipinski definition) is 2. The minimum atomic E-state index is -3.91.